The molecular weight excluding hydrogens is 460 g/mol. The van der Waals surface area contributed by atoms with E-state index >= 15 is 0 Å². The number of hydrogen-bond acceptors (Lipinski definition) is 7. The van der Waals surface area contributed by atoms with Crippen LogP contribution >= 0.6 is 0 Å². The third kappa shape index (κ3) is 6.63. The molecule has 3 aromatic rings. The quantitative estimate of drug-likeness (QED) is 0.242. The molecule has 0 aliphatic carbocycles. The second kappa shape index (κ2) is 12.1. The van der Waals surface area contributed by atoms with E-state index in [0.29, 0.717) is 11.1 Å². The Hall–Kier alpha value is -4.79. The number of nitrogens with zero attached hydrogens (tertiary/aromatic N) is 2. The molecule has 3 aromatic carbocycles. The molecule has 0 spiro atoms. The van der Waals surface area contributed by atoms with Crippen molar-refractivity contribution in [2.75, 3.05) is 33.2 Å². The molecule has 0 radical (unpaired) electrons. The number of phenols is 1. The van der Waals surface area contributed by atoms with E-state index in [1.807, 2.05) is 43.3 Å². The Balaban J connectivity index is 1.84. The highest BCUT2D eigenvalue weighted by atomic mass is 16.5. The fourth-order valence-electron chi connectivity index (χ4n) is 3.19. The van der Waals surface area contributed by atoms with Crippen LogP contribution in [0.15, 0.2) is 77.5 Å². The number of amides is 2. The summed E-state index contributed by atoms with van der Waals surface area (Å²) in [6, 6.07) is 19.2. The molecule has 3 N–H and O–H groups in total. The number of carbonyl (C=O) groups excluding carboxylic acids is 2. The first kappa shape index (κ1) is 25.8. The van der Waals surface area contributed by atoms with E-state index in [2.05, 4.69) is 15.8 Å². The molecule has 0 heterocycles. The van der Waals surface area contributed by atoms with Gasteiger partial charge in [0.1, 0.15) is 5.70 Å². The molecule has 0 saturated heterocycles. The van der Waals surface area contributed by atoms with Crippen LogP contribution in [0.3, 0.4) is 0 Å². The van der Waals surface area contributed by atoms with E-state index in [1.54, 1.807) is 36.4 Å². The molecule has 9 nitrogen and oxygen atoms in total. The van der Waals surface area contributed by atoms with Gasteiger partial charge in [-0.3, -0.25) is 9.59 Å². The Kier molecular flexibility index (Phi) is 8.66. The average Bonchev–Trinajstić information content (AvgIpc) is 2.89. The Bertz CT molecular complexity index is 1240. The molecule has 2 amide bonds. The normalized spacial score (nSPS) is 11.2. The van der Waals surface area contributed by atoms with Gasteiger partial charge in [-0.1, -0.05) is 30.3 Å². The number of rotatable bonds is 9. The number of anilines is 1. The summed E-state index contributed by atoms with van der Waals surface area (Å²) in [7, 11) is 6.69. The van der Waals surface area contributed by atoms with Crippen molar-refractivity contribution in [3.8, 4) is 17.2 Å². The molecule has 36 heavy (non-hydrogen) atoms. The van der Waals surface area contributed by atoms with Crippen molar-refractivity contribution in [3.05, 3.63) is 89.1 Å². The zero-order valence-electron chi connectivity index (χ0n) is 20.5. The Morgan fingerprint density at radius 2 is 1.53 bits per heavy atom. The lowest BCUT2D eigenvalue weighted by Crippen LogP contribution is -2.32. The van der Waals surface area contributed by atoms with Crippen LogP contribution in [0.4, 0.5) is 5.69 Å². The summed E-state index contributed by atoms with van der Waals surface area (Å²) in [5.74, 6) is -0.808. The highest BCUT2D eigenvalue weighted by molar-refractivity contribution is 6.05. The number of ether oxygens (including phenoxy) is 2. The number of carbonyl (C=O) groups is 2. The van der Waals surface area contributed by atoms with Crippen molar-refractivity contribution in [1.82, 2.24) is 10.7 Å². The molecule has 0 unspecified atom stereocenters. The van der Waals surface area contributed by atoms with Crippen LogP contribution in [-0.2, 0) is 4.79 Å². The van der Waals surface area contributed by atoms with Gasteiger partial charge in [0, 0.05) is 30.9 Å². The molecule has 3 rings (SSSR count). The fourth-order valence-corrected chi connectivity index (χ4v) is 3.19. The van der Waals surface area contributed by atoms with Gasteiger partial charge in [0.2, 0.25) is 5.75 Å². The molecule has 0 aromatic heterocycles. The van der Waals surface area contributed by atoms with Crippen molar-refractivity contribution in [2.24, 2.45) is 5.10 Å². The Morgan fingerprint density at radius 1 is 0.917 bits per heavy atom. The molecule has 0 bridgehead atoms. The molecule has 0 aliphatic heterocycles. The molecule has 0 atom stereocenters. The molecule has 0 aliphatic rings. The number of phenolic OH excluding ortho intramolecular Hbond substituents is 1. The number of aromatic hydroxyl groups is 1. The van der Waals surface area contributed by atoms with Crippen LogP contribution in [0.2, 0.25) is 0 Å². The van der Waals surface area contributed by atoms with Gasteiger partial charge in [-0.05, 0) is 48.0 Å². The van der Waals surface area contributed by atoms with Gasteiger partial charge in [0.15, 0.2) is 11.5 Å². The van der Waals surface area contributed by atoms with Crippen molar-refractivity contribution < 1.29 is 24.2 Å². The zero-order chi connectivity index (χ0) is 26.1. The number of methoxy groups -OCH3 is 2. The Morgan fingerprint density at radius 3 is 2.08 bits per heavy atom. The fraction of sp³-hybridized carbons (Fsp3) is 0.148. The molecule has 9 heteroatoms. The summed E-state index contributed by atoms with van der Waals surface area (Å²) < 4.78 is 10.3. The number of hydrogen-bond donors (Lipinski definition) is 3. The first-order valence-electron chi connectivity index (χ1n) is 11.0. The molecule has 186 valence electrons. The molecule has 0 saturated carbocycles. The van der Waals surface area contributed by atoms with Crippen LogP contribution in [0, 0.1) is 0 Å². The lowest BCUT2D eigenvalue weighted by molar-refractivity contribution is -0.117. The van der Waals surface area contributed by atoms with E-state index in [1.165, 1.54) is 32.6 Å². The second-order valence-corrected chi connectivity index (χ2v) is 7.84. The van der Waals surface area contributed by atoms with Gasteiger partial charge in [-0.25, -0.2) is 5.43 Å². The first-order valence-corrected chi connectivity index (χ1v) is 11.0. The predicted molar refractivity (Wildman–Crippen MR) is 140 cm³/mol. The standard InChI is InChI=1S/C27H28N4O5/c1-31(2)21-12-10-18(11-13-21)14-22(29-26(33)20-8-6-5-7-9-20)27(34)30-28-17-19-15-23(35-3)25(32)24(16-19)36-4/h5-17,32H,1-4H3,(H,29,33)(H,30,34)/b22-14?,28-17+. The van der Waals surface area contributed by atoms with Crippen LogP contribution in [-0.4, -0.2) is 51.5 Å². The van der Waals surface area contributed by atoms with Gasteiger partial charge < -0.3 is 24.8 Å². The van der Waals surface area contributed by atoms with Crippen molar-refractivity contribution in [3.63, 3.8) is 0 Å². The molecular formula is C27H28N4O5. The first-order chi connectivity index (χ1) is 17.3. The topological polar surface area (TPSA) is 112 Å². The van der Waals surface area contributed by atoms with Crippen LogP contribution < -0.4 is 25.1 Å². The summed E-state index contributed by atoms with van der Waals surface area (Å²) in [5.41, 5.74) is 5.07. The van der Waals surface area contributed by atoms with E-state index in [9.17, 15) is 14.7 Å². The lowest BCUT2D eigenvalue weighted by atomic mass is 10.1. The maximum absolute atomic E-state index is 13.0. The van der Waals surface area contributed by atoms with Gasteiger partial charge in [-0.2, -0.15) is 5.10 Å². The summed E-state index contributed by atoms with van der Waals surface area (Å²) in [5, 5.41) is 16.7. The smallest absolute Gasteiger partial charge is 0.287 e. The zero-order valence-corrected chi connectivity index (χ0v) is 20.5. The number of nitrogens with one attached hydrogen (secondary N) is 2. The van der Waals surface area contributed by atoms with Crippen LogP contribution in [0.1, 0.15) is 21.5 Å². The van der Waals surface area contributed by atoms with Crippen LogP contribution in [0.25, 0.3) is 6.08 Å². The minimum atomic E-state index is -0.620. The number of hydrazone groups is 1. The summed E-state index contributed by atoms with van der Waals surface area (Å²) in [4.78, 5) is 27.7. The largest absolute Gasteiger partial charge is 0.502 e. The van der Waals surface area contributed by atoms with Crippen LogP contribution in [0.5, 0.6) is 17.2 Å². The number of benzene rings is 3. The van der Waals surface area contributed by atoms with Gasteiger partial charge in [-0.15, -0.1) is 0 Å². The van der Waals surface area contributed by atoms with Crippen molar-refractivity contribution >= 4 is 29.8 Å². The van der Waals surface area contributed by atoms with Crippen molar-refractivity contribution in [2.45, 2.75) is 0 Å². The van der Waals surface area contributed by atoms with E-state index < -0.39 is 11.8 Å². The van der Waals surface area contributed by atoms with Gasteiger partial charge >= 0.3 is 0 Å². The highest BCUT2D eigenvalue weighted by Crippen LogP contribution is 2.36. The lowest BCUT2D eigenvalue weighted by Gasteiger charge is -2.13. The maximum Gasteiger partial charge on any atom is 0.287 e. The highest BCUT2D eigenvalue weighted by Gasteiger charge is 2.15. The Labute approximate surface area is 209 Å². The maximum atomic E-state index is 13.0. The third-order valence-electron chi connectivity index (χ3n) is 5.13. The second-order valence-electron chi connectivity index (χ2n) is 7.84. The average molecular weight is 489 g/mol. The minimum Gasteiger partial charge on any atom is -0.502 e. The minimum absolute atomic E-state index is 0.0134. The summed E-state index contributed by atoms with van der Waals surface area (Å²) in [6.07, 6.45) is 2.93. The van der Waals surface area contributed by atoms with Crippen molar-refractivity contribution in [1.29, 1.82) is 0 Å². The van der Waals surface area contributed by atoms with Gasteiger partial charge in [0.25, 0.3) is 11.8 Å². The van der Waals surface area contributed by atoms with Gasteiger partial charge in [0.05, 0.1) is 20.4 Å². The SMILES string of the molecule is COc1cc(/C=N/NC(=O)C(=Cc2ccc(N(C)C)cc2)NC(=O)c2ccccc2)cc(OC)c1O. The monoisotopic (exact) mass is 488 g/mol. The third-order valence-corrected chi connectivity index (χ3v) is 5.13. The van der Waals surface area contributed by atoms with E-state index in [0.717, 1.165) is 11.3 Å². The predicted octanol–water partition coefficient (Wildman–Crippen LogP) is 3.40. The molecule has 0 fully saturated rings. The summed E-state index contributed by atoms with van der Waals surface area (Å²) in [6.45, 7) is 0. The van der Waals surface area contributed by atoms with E-state index in [4.69, 9.17) is 9.47 Å². The summed E-state index contributed by atoms with van der Waals surface area (Å²) >= 11 is 0. The van der Waals surface area contributed by atoms with E-state index in [-0.39, 0.29) is 22.9 Å².